The summed E-state index contributed by atoms with van der Waals surface area (Å²) in [6.07, 6.45) is 0.294. The van der Waals surface area contributed by atoms with Gasteiger partial charge < -0.3 is 10.1 Å². The number of nitrogens with one attached hydrogen (secondary N) is 1. The van der Waals surface area contributed by atoms with E-state index in [1.807, 2.05) is 36.7 Å². The van der Waals surface area contributed by atoms with Crippen LogP contribution in [0.1, 0.15) is 30.8 Å². The third kappa shape index (κ3) is 3.72. The number of hydrogen-bond acceptors (Lipinski definition) is 5. The van der Waals surface area contributed by atoms with Crippen LogP contribution >= 0.6 is 11.3 Å². The number of fused-ring (bicyclic) bond motifs is 1. The van der Waals surface area contributed by atoms with Gasteiger partial charge in [-0.25, -0.2) is 4.98 Å². The van der Waals surface area contributed by atoms with Gasteiger partial charge in [0.15, 0.2) is 5.13 Å². The van der Waals surface area contributed by atoms with E-state index in [4.69, 9.17) is 4.74 Å². The van der Waals surface area contributed by atoms with Gasteiger partial charge in [0, 0.05) is 17.8 Å². The van der Waals surface area contributed by atoms with Crippen LogP contribution in [0.15, 0.2) is 18.2 Å². The Morgan fingerprint density at radius 3 is 2.81 bits per heavy atom. The van der Waals surface area contributed by atoms with E-state index in [0.717, 1.165) is 33.7 Å². The lowest BCUT2D eigenvalue weighted by Gasteiger charge is -2.08. The molecule has 3 rings (SSSR count). The quantitative estimate of drug-likeness (QED) is 0.711. The number of aryl methyl sites for hydroxylation is 1. The van der Waals surface area contributed by atoms with Gasteiger partial charge in [0.05, 0.1) is 23.9 Å². The molecule has 0 bridgehead atoms. The third-order valence-electron chi connectivity index (χ3n) is 4.26. The fourth-order valence-electron chi connectivity index (χ4n) is 2.98. The van der Waals surface area contributed by atoms with E-state index < -0.39 is 0 Å². The summed E-state index contributed by atoms with van der Waals surface area (Å²) >= 11 is 1.44. The second-order valence-corrected chi connectivity index (χ2v) is 7.81. The second kappa shape index (κ2) is 7.45. The van der Waals surface area contributed by atoms with E-state index in [-0.39, 0.29) is 5.91 Å². The number of carbonyl (C=O) groups is 1. The van der Waals surface area contributed by atoms with E-state index in [9.17, 15) is 4.79 Å². The minimum Gasteiger partial charge on any atom is -0.494 e. The molecule has 0 aliphatic heterocycles. The molecule has 138 valence electrons. The number of nitrogens with zero attached hydrogens (tertiary/aromatic N) is 3. The minimum absolute atomic E-state index is 0.0849. The van der Waals surface area contributed by atoms with Crippen molar-refractivity contribution in [2.24, 2.45) is 5.92 Å². The highest BCUT2D eigenvalue weighted by Crippen LogP contribution is 2.32. The number of rotatable bonds is 6. The average Bonchev–Trinajstić information content (AvgIpc) is 3.09. The minimum atomic E-state index is -0.0849. The van der Waals surface area contributed by atoms with Crippen molar-refractivity contribution in [2.45, 2.75) is 40.7 Å². The maximum absolute atomic E-state index is 12.5. The van der Waals surface area contributed by atoms with Crippen molar-refractivity contribution in [2.75, 3.05) is 12.4 Å². The summed E-state index contributed by atoms with van der Waals surface area (Å²) in [5.74, 6) is 1.13. The fraction of sp³-hybridized carbons (Fsp3) is 0.421. The van der Waals surface area contributed by atoms with E-state index >= 15 is 0 Å². The first-order chi connectivity index (χ1) is 12.4. The van der Waals surface area contributed by atoms with Gasteiger partial charge in [-0.15, -0.1) is 0 Å². The van der Waals surface area contributed by atoms with Crippen LogP contribution in [-0.2, 0) is 17.8 Å². The number of methoxy groups -OCH3 is 1. The Labute approximate surface area is 157 Å². The number of thiazole rings is 1. The average molecular weight is 372 g/mol. The molecule has 1 amide bonds. The largest absolute Gasteiger partial charge is 0.494 e. The van der Waals surface area contributed by atoms with Crippen molar-refractivity contribution in [3.05, 3.63) is 35.2 Å². The van der Waals surface area contributed by atoms with Crippen LogP contribution in [0.3, 0.4) is 0 Å². The van der Waals surface area contributed by atoms with Gasteiger partial charge in [-0.3, -0.25) is 9.48 Å². The maximum Gasteiger partial charge on any atom is 0.230 e. The number of aromatic nitrogens is 3. The number of amides is 1. The van der Waals surface area contributed by atoms with Crippen molar-refractivity contribution in [3.63, 3.8) is 0 Å². The van der Waals surface area contributed by atoms with Crippen LogP contribution in [0.4, 0.5) is 5.13 Å². The Balaban J connectivity index is 1.76. The molecule has 3 aromatic rings. The molecule has 0 spiro atoms. The van der Waals surface area contributed by atoms with Crippen LogP contribution < -0.4 is 10.1 Å². The molecule has 2 aromatic heterocycles. The lowest BCUT2D eigenvalue weighted by molar-refractivity contribution is -0.115. The molecule has 0 atom stereocenters. The van der Waals surface area contributed by atoms with Crippen molar-refractivity contribution in [1.82, 2.24) is 14.8 Å². The number of anilines is 1. The fourth-order valence-corrected chi connectivity index (χ4v) is 3.88. The zero-order valence-electron chi connectivity index (χ0n) is 15.8. The molecule has 1 N–H and O–H groups in total. The standard InChI is InChI=1S/C19H24N4O2S/c1-11(2)10-23-13(4)14(12(3)22-23)9-17(24)20-19-21-18-15(25-5)7-6-8-16(18)26-19/h6-8,11H,9-10H2,1-5H3,(H,20,21,24). The lowest BCUT2D eigenvalue weighted by Crippen LogP contribution is -2.15. The van der Waals surface area contributed by atoms with Crippen molar-refractivity contribution < 1.29 is 9.53 Å². The predicted molar refractivity (Wildman–Crippen MR) is 105 cm³/mol. The summed E-state index contributed by atoms with van der Waals surface area (Å²) in [4.78, 5) is 17.0. The molecule has 0 fully saturated rings. The Morgan fingerprint density at radius 2 is 2.12 bits per heavy atom. The number of carbonyl (C=O) groups excluding carboxylic acids is 1. The highest BCUT2D eigenvalue weighted by atomic mass is 32.1. The molecule has 0 radical (unpaired) electrons. The maximum atomic E-state index is 12.5. The molecule has 1 aromatic carbocycles. The van der Waals surface area contributed by atoms with Gasteiger partial charge >= 0.3 is 0 Å². The first kappa shape index (κ1) is 18.4. The van der Waals surface area contributed by atoms with E-state index in [1.54, 1.807) is 7.11 Å². The molecule has 26 heavy (non-hydrogen) atoms. The van der Waals surface area contributed by atoms with Crippen LogP contribution in [0, 0.1) is 19.8 Å². The van der Waals surface area contributed by atoms with E-state index in [0.29, 0.717) is 23.2 Å². The number of ether oxygens (including phenoxy) is 1. The molecule has 2 heterocycles. The molecule has 0 aliphatic carbocycles. The number of para-hydroxylation sites is 1. The molecule has 0 aliphatic rings. The van der Waals surface area contributed by atoms with Crippen molar-refractivity contribution >= 4 is 32.6 Å². The molecule has 6 nitrogen and oxygen atoms in total. The zero-order valence-corrected chi connectivity index (χ0v) is 16.6. The zero-order chi connectivity index (χ0) is 18.8. The summed E-state index contributed by atoms with van der Waals surface area (Å²) in [7, 11) is 1.62. The van der Waals surface area contributed by atoms with Gasteiger partial charge in [-0.1, -0.05) is 31.3 Å². The highest BCUT2D eigenvalue weighted by Gasteiger charge is 2.17. The summed E-state index contributed by atoms with van der Waals surface area (Å²) in [6.45, 7) is 9.14. The molecular weight excluding hydrogens is 348 g/mol. The van der Waals surface area contributed by atoms with Crippen LogP contribution in [-0.4, -0.2) is 27.8 Å². The number of hydrogen-bond donors (Lipinski definition) is 1. The van der Waals surface area contributed by atoms with Gasteiger partial charge in [-0.2, -0.15) is 5.10 Å². The van der Waals surface area contributed by atoms with Crippen LogP contribution in [0.25, 0.3) is 10.2 Å². The monoisotopic (exact) mass is 372 g/mol. The van der Waals surface area contributed by atoms with Crippen molar-refractivity contribution in [3.8, 4) is 5.75 Å². The molecule has 0 saturated carbocycles. The third-order valence-corrected chi connectivity index (χ3v) is 5.19. The second-order valence-electron chi connectivity index (χ2n) is 6.78. The van der Waals surface area contributed by atoms with Gasteiger partial charge in [0.1, 0.15) is 11.3 Å². The molecule has 0 unspecified atom stereocenters. The smallest absolute Gasteiger partial charge is 0.230 e. The summed E-state index contributed by atoms with van der Waals surface area (Å²) in [5.41, 5.74) is 3.72. The lowest BCUT2D eigenvalue weighted by atomic mass is 10.1. The Morgan fingerprint density at radius 1 is 1.35 bits per heavy atom. The topological polar surface area (TPSA) is 69.0 Å². The normalized spacial score (nSPS) is 11.3. The summed E-state index contributed by atoms with van der Waals surface area (Å²) in [5, 5.41) is 8.07. The van der Waals surface area contributed by atoms with Crippen molar-refractivity contribution in [1.29, 1.82) is 0 Å². The van der Waals surface area contributed by atoms with Crippen LogP contribution in [0.5, 0.6) is 5.75 Å². The predicted octanol–water partition coefficient (Wildman–Crippen LogP) is 3.96. The van der Waals surface area contributed by atoms with Gasteiger partial charge in [0.25, 0.3) is 0 Å². The van der Waals surface area contributed by atoms with Crippen LogP contribution in [0.2, 0.25) is 0 Å². The highest BCUT2D eigenvalue weighted by molar-refractivity contribution is 7.22. The van der Waals surface area contributed by atoms with Gasteiger partial charge in [0.2, 0.25) is 5.91 Å². The summed E-state index contributed by atoms with van der Waals surface area (Å²) in [6, 6.07) is 5.75. The van der Waals surface area contributed by atoms with Gasteiger partial charge in [-0.05, 0) is 31.9 Å². The SMILES string of the molecule is COc1cccc2sc(NC(=O)Cc3c(C)nn(CC(C)C)c3C)nc12. The molecule has 0 saturated heterocycles. The molecular formula is C19H24N4O2S. The Hall–Kier alpha value is -2.41. The number of benzene rings is 1. The summed E-state index contributed by atoms with van der Waals surface area (Å²) < 4.78 is 8.30. The first-order valence-electron chi connectivity index (χ1n) is 8.65. The Kier molecular flexibility index (Phi) is 5.27. The first-order valence-corrected chi connectivity index (χ1v) is 9.47. The Bertz CT molecular complexity index is 943. The van der Waals surface area contributed by atoms with E-state index in [2.05, 4.69) is 29.2 Å². The van der Waals surface area contributed by atoms with E-state index in [1.165, 1.54) is 11.3 Å². The molecule has 7 heteroatoms.